The van der Waals surface area contributed by atoms with Crippen LogP contribution in [0.3, 0.4) is 0 Å². The Balaban J connectivity index is 1.52. The average molecular weight is 692 g/mol. The minimum Gasteiger partial charge on any atom is -0.479 e. The topological polar surface area (TPSA) is 176 Å². The van der Waals surface area contributed by atoms with Crippen molar-refractivity contribution in [3.05, 3.63) is 48.2 Å². The molecular formula is C36H49N7O7. The van der Waals surface area contributed by atoms with Crippen LogP contribution < -0.4 is 10.6 Å². The fraction of sp³-hybridized carbons (Fsp3) is 0.583. The zero-order valence-electron chi connectivity index (χ0n) is 29.6. The molecule has 1 aliphatic carbocycles. The summed E-state index contributed by atoms with van der Waals surface area (Å²) in [6.07, 6.45) is 6.65. The highest BCUT2D eigenvalue weighted by Gasteiger charge is 2.61. The molecule has 2 aromatic rings. The van der Waals surface area contributed by atoms with E-state index in [1.165, 1.54) is 9.70 Å². The quantitative estimate of drug-likeness (QED) is 0.363. The minimum absolute atomic E-state index is 0.00533. The Hall–Kier alpha value is -4.75. The monoisotopic (exact) mass is 691 g/mol. The molecule has 3 N–H and O–H groups in total. The van der Waals surface area contributed by atoms with Crippen molar-refractivity contribution >= 4 is 29.8 Å². The third-order valence-corrected chi connectivity index (χ3v) is 9.58. The number of alkyl carbamates (subject to hydrolysis) is 1. The van der Waals surface area contributed by atoms with Gasteiger partial charge in [-0.2, -0.15) is 9.90 Å². The molecule has 5 atom stereocenters. The standard InChI is InChI=1S/C36H49N7O7/c1-6-41(7-2)32(46)29-28(23-16-12-11-13-17-23)39-43(40-29)25-20-27-30(44)38-36(33(47)48)21-24(36)18-14-9-8-10-15-19-26(31(45)42(27)22-25)37-34(49)50-35(3,4)5/h11-14,16-18,24-27H,6-10,15,19-22H2,1-5H3,(H,37,49)(H,38,44)(H,47,48)/t24-,25+,26+,27+,36-/m1/s1. The lowest BCUT2D eigenvalue weighted by atomic mass is 10.0. The number of nitrogens with zero attached hydrogens (tertiary/aromatic N) is 5. The number of benzene rings is 1. The number of hydrogen-bond donors (Lipinski definition) is 3. The summed E-state index contributed by atoms with van der Waals surface area (Å²) in [6.45, 7) is 9.89. The molecule has 2 fully saturated rings. The van der Waals surface area contributed by atoms with E-state index in [0.717, 1.165) is 19.3 Å². The van der Waals surface area contributed by atoms with Crippen LogP contribution in [0.25, 0.3) is 11.3 Å². The Kier molecular flexibility index (Phi) is 11.0. The van der Waals surface area contributed by atoms with E-state index in [9.17, 15) is 29.1 Å². The first-order valence-corrected chi connectivity index (χ1v) is 17.6. The van der Waals surface area contributed by atoms with Gasteiger partial charge in [-0.3, -0.25) is 14.4 Å². The molecule has 1 saturated heterocycles. The van der Waals surface area contributed by atoms with Gasteiger partial charge < -0.3 is 30.3 Å². The summed E-state index contributed by atoms with van der Waals surface area (Å²) in [4.78, 5) is 72.0. The zero-order chi connectivity index (χ0) is 36.2. The predicted molar refractivity (Wildman–Crippen MR) is 184 cm³/mol. The zero-order valence-corrected chi connectivity index (χ0v) is 29.6. The highest BCUT2D eigenvalue weighted by Crippen LogP contribution is 2.45. The molecule has 1 saturated carbocycles. The summed E-state index contributed by atoms with van der Waals surface area (Å²) < 4.78 is 5.48. The Morgan fingerprint density at radius 3 is 2.46 bits per heavy atom. The van der Waals surface area contributed by atoms with E-state index in [4.69, 9.17) is 9.84 Å². The van der Waals surface area contributed by atoms with Crippen LogP contribution in [-0.2, 0) is 19.1 Å². The van der Waals surface area contributed by atoms with Gasteiger partial charge in [0.1, 0.15) is 28.9 Å². The second-order valence-corrected chi connectivity index (χ2v) is 14.3. The molecule has 14 heteroatoms. The number of amides is 4. The molecule has 0 radical (unpaired) electrons. The van der Waals surface area contributed by atoms with E-state index in [0.29, 0.717) is 37.2 Å². The number of nitrogens with one attached hydrogen (secondary N) is 2. The molecule has 3 aliphatic rings. The summed E-state index contributed by atoms with van der Waals surface area (Å²) in [6, 6.07) is 6.49. The van der Waals surface area contributed by atoms with E-state index < -0.39 is 53.1 Å². The van der Waals surface area contributed by atoms with Crippen molar-refractivity contribution in [2.45, 2.75) is 109 Å². The van der Waals surface area contributed by atoms with Crippen LogP contribution >= 0.6 is 0 Å². The molecule has 3 heterocycles. The number of carbonyl (C=O) groups excluding carboxylic acids is 4. The van der Waals surface area contributed by atoms with Crippen LogP contribution in [0.4, 0.5) is 4.79 Å². The van der Waals surface area contributed by atoms with Crippen LogP contribution in [0.2, 0.25) is 0 Å². The average Bonchev–Trinajstić information content (AvgIpc) is 3.38. The molecule has 0 spiro atoms. The largest absolute Gasteiger partial charge is 0.479 e. The van der Waals surface area contributed by atoms with Crippen LogP contribution in [0.1, 0.15) is 96.1 Å². The van der Waals surface area contributed by atoms with E-state index in [-0.39, 0.29) is 36.9 Å². The third kappa shape index (κ3) is 8.00. The normalized spacial score (nSPS) is 25.7. The Morgan fingerprint density at radius 2 is 1.80 bits per heavy atom. The molecule has 270 valence electrons. The van der Waals surface area contributed by atoms with Gasteiger partial charge in [-0.1, -0.05) is 55.3 Å². The number of ether oxygens (including phenoxy) is 1. The van der Waals surface area contributed by atoms with Crippen molar-refractivity contribution in [2.75, 3.05) is 19.6 Å². The number of aromatic nitrogens is 3. The van der Waals surface area contributed by atoms with Crippen molar-refractivity contribution < 1.29 is 33.8 Å². The van der Waals surface area contributed by atoms with E-state index in [1.807, 2.05) is 56.3 Å². The molecule has 2 aliphatic heterocycles. The summed E-state index contributed by atoms with van der Waals surface area (Å²) in [5, 5.41) is 25.1. The van der Waals surface area contributed by atoms with Crippen molar-refractivity contribution in [3.8, 4) is 11.3 Å². The first-order valence-electron chi connectivity index (χ1n) is 17.6. The number of carboxylic acid groups (broad SMARTS) is 1. The SMILES string of the molecule is CCN(CC)C(=O)c1nn([C@H]2C[C@H]3C(=O)N[C@]4(C(=O)O)C[C@H]4C=CCCCCC[C@H](NC(=O)OC(C)(C)C)C(=O)N3C2)nc1-c1ccccc1. The molecule has 4 amide bonds. The third-order valence-electron chi connectivity index (χ3n) is 9.58. The number of fused-ring (bicyclic) bond motifs is 2. The van der Waals surface area contributed by atoms with E-state index in [2.05, 4.69) is 15.7 Å². The maximum absolute atomic E-state index is 14.4. The second-order valence-electron chi connectivity index (χ2n) is 14.3. The lowest BCUT2D eigenvalue weighted by Gasteiger charge is -2.30. The fourth-order valence-corrected chi connectivity index (χ4v) is 6.78. The van der Waals surface area contributed by atoms with Crippen LogP contribution in [0.5, 0.6) is 0 Å². The van der Waals surface area contributed by atoms with Crippen LogP contribution in [0.15, 0.2) is 42.5 Å². The molecule has 50 heavy (non-hydrogen) atoms. The van der Waals surface area contributed by atoms with Crippen molar-refractivity contribution in [3.63, 3.8) is 0 Å². The molecular weight excluding hydrogens is 642 g/mol. The summed E-state index contributed by atoms with van der Waals surface area (Å²) in [7, 11) is 0. The predicted octanol–water partition coefficient (Wildman–Crippen LogP) is 3.94. The van der Waals surface area contributed by atoms with Gasteiger partial charge in [0, 0.05) is 37.5 Å². The maximum atomic E-state index is 14.4. The number of rotatable bonds is 7. The Bertz CT molecular complexity index is 1610. The number of aliphatic carboxylic acids is 1. The molecule has 0 unspecified atom stereocenters. The molecule has 1 aromatic carbocycles. The van der Waals surface area contributed by atoms with Crippen molar-refractivity contribution in [1.82, 2.24) is 35.4 Å². The smallest absolute Gasteiger partial charge is 0.408 e. The van der Waals surface area contributed by atoms with Gasteiger partial charge in [0.15, 0.2) is 5.69 Å². The minimum atomic E-state index is -1.47. The highest BCUT2D eigenvalue weighted by molar-refractivity contribution is 5.98. The Labute approximate surface area is 292 Å². The Morgan fingerprint density at radius 1 is 1.08 bits per heavy atom. The molecule has 0 bridgehead atoms. The van der Waals surface area contributed by atoms with Crippen LogP contribution in [0, 0.1) is 5.92 Å². The molecule has 5 rings (SSSR count). The number of carboxylic acids is 1. The van der Waals surface area contributed by atoms with Gasteiger partial charge in [0.25, 0.3) is 5.91 Å². The van der Waals surface area contributed by atoms with Crippen LogP contribution in [-0.4, -0.2) is 103 Å². The van der Waals surface area contributed by atoms with Gasteiger partial charge >= 0.3 is 12.1 Å². The lowest BCUT2D eigenvalue weighted by Crippen LogP contribution is -2.56. The fourth-order valence-electron chi connectivity index (χ4n) is 6.78. The first-order chi connectivity index (χ1) is 23.8. The van der Waals surface area contributed by atoms with E-state index in [1.54, 1.807) is 25.7 Å². The lowest BCUT2D eigenvalue weighted by molar-refractivity contribution is -0.145. The van der Waals surface area contributed by atoms with E-state index >= 15 is 0 Å². The van der Waals surface area contributed by atoms with Crippen molar-refractivity contribution in [1.29, 1.82) is 0 Å². The first kappa shape index (κ1) is 36.5. The van der Waals surface area contributed by atoms with Gasteiger partial charge in [0.2, 0.25) is 11.8 Å². The van der Waals surface area contributed by atoms with Gasteiger partial charge in [-0.15, -0.1) is 5.10 Å². The van der Waals surface area contributed by atoms with Gasteiger partial charge in [0.05, 0.1) is 6.04 Å². The number of carbonyl (C=O) groups is 5. The highest BCUT2D eigenvalue weighted by atomic mass is 16.6. The maximum Gasteiger partial charge on any atom is 0.408 e. The summed E-state index contributed by atoms with van der Waals surface area (Å²) in [5.74, 6) is -2.90. The molecule has 14 nitrogen and oxygen atoms in total. The second kappa shape index (κ2) is 15.0. The number of hydrogen-bond acceptors (Lipinski definition) is 8. The summed E-state index contributed by atoms with van der Waals surface area (Å²) in [5.41, 5.74) is -1.04. The summed E-state index contributed by atoms with van der Waals surface area (Å²) >= 11 is 0. The molecule has 1 aromatic heterocycles. The van der Waals surface area contributed by atoms with Crippen molar-refractivity contribution in [2.24, 2.45) is 5.92 Å². The van der Waals surface area contributed by atoms with Gasteiger partial charge in [-0.05, 0) is 60.3 Å². The van der Waals surface area contributed by atoms with Gasteiger partial charge in [-0.25, -0.2) is 9.59 Å². The number of allylic oxidation sites excluding steroid dienone is 1.